The third kappa shape index (κ3) is 4.80. The summed E-state index contributed by atoms with van der Waals surface area (Å²) in [6, 6.07) is 18.6. The van der Waals surface area contributed by atoms with Crippen molar-refractivity contribution in [1.29, 1.82) is 0 Å². The average molecular weight is 446 g/mol. The average Bonchev–Trinajstić information content (AvgIpc) is 3.41. The van der Waals surface area contributed by atoms with Gasteiger partial charge in [0.05, 0.1) is 13.2 Å². The molecule has 172 valence electrons. The van der Waals surface area contributed by atoms with Gasteiger partial charge in [-0.25, -0.2) is 4.39 Å². The minimum Gasteiger partial charge on any atom is -0.496 e. The number of benzene rings is 2. The van der Waals surface area contributed by atoms with Crippen molar-refractivity contribution in [2.24, 2.45) is 0 Å². The Labute approximate surface area is 196 Å². The number of aromatic nitrogens is 1. The van der Waals surface area contributed by atoms with Gasteiger partial charge in [-0.05, 0) is 53.8 Å². The molecule has 1 saturated heterocycles. The smallest absolute Gasteiger partial charge is 0.129 e. The first-order valence-corrected chi connectivity index (χ1v) is 12.0. The number of piperazine rings is 1. The molecule has 0 bridgehead atoms. The molecule has 5 heteroatoms. The van der Waals surface area contributed by atoms with Crippen LogP contribution in [0, 0.1) is 5.82 Å². The first-order chi connectivity index (χ1) is 16.2. The molecule has 2 aromatic carbocycles. The minimum atomic E-state index is -0.290. The van der Waals surface area contributed by atoms with Gasteiger partial charge in [0.2, 0.25) is 0 Å². The largest absolute Gasteiger partial charge is 0.496 e. The number of methoxy groups -OCH3 is 1. The quantitative estimate of drug-likeness (QED) is 0.498. The van der Waals surface area contributed by atoms with Gasteiger partial charge in [0.25, 0.3) is 0 Å². The fourth-order valence-electron chi connectivity index (χ4n) is 5.54. The standard InChI is InChI=1S/C28H32FN3O/c1-33-27-20-24(29)10-11-26(27)21-6-8-22(9-7-21)28(23-12-14-30-15-13-23)32-18-16-31(17-19-32)25-4-2-3-5-25/h6-15,20,25,28H,2-5,16-19H2,1H3/t28-/m1/s1. The zero-order valence-corrected chi connectivity index (χ0v) is 19.3. The van der Waals surface area contributed by atoms with Gasteiger partial charge in [-0.1, -0.05) is 37.1 Å². The topological polar surface area (TPSA) is 28.6 Å². The summed E-state index contributed by atoms with van der Waals surface area (Å²) in [7, 11) is 1.58. The summed E-state index contributed by atoms with van der Waals surface area (Å²) in [5.41, 5.74) is 4.46. The molecule has 1 aliphatic heterocycles. The van der Waals surface area contributed by atoms with Crippen LogP contribution in [0.5, 0.6) is 5.75 Å². The molecule has 0 radical (unpaired) electrons. The zero-order valence-electron chi connectivity index (χ0n) is 19.3. The monoisotopic (exact) mass is 445 g/mol. The Morgan fingerprint density at radius 2 is 1.55 bits per heavy atom. The highest BCUT2D eigenvalue weighted by Crippen LogP contribution is 2.35. The van der Waals surface area contributed by atoms with E-state index >= 15 is 0 Å². The number of pyridine rings is 1. The van der Waals surface area contributed by atoms with Crippen molar-refractivity contribution >= 4 is 0 Å². The lowest BCUT2D eigenvalue weighted by Crippen LogP contribution is -2.50. The zero-order chi connectivity index (χ0) is 22.6. The van der Waals surface area contributed by atoms with Crippen LogP contribution in [0.1, 0.15) is 42.9 Å². The summed E-state index contributed by atoms with van der Waals surface area (Å²) >= 11 is 0. The molecule has 1 atom stereocenters. The molecule has 5 rings (SSSR count). The second kappa shape index (κ2) is 10.0. The lowest BCUT2D eigenvalue weighted by atomic mass is 9.94. The number of hydrogen-bond donors (Lipinski definition) is 0. The number of nitrogens with zero attached hydrogens (tertiary/aromatic N) is 3. The molecule has 0 amide bonds. The van der Waals surface area contributed by atoms with Crippen LogP contribution in [0.2, 0.25) is 0 Å². The minimum absolute atomic E-state index is 0.197. The SMILES string of the molecule is COc1cc(F)ccc1-c1ccc([C@H](c2ccncc2)N2CCN(C3CCCC3)CC2)cc1. The maximum Gasteiger partial charge on any atom is 0.129 e. The Bertz CT molecular complexity index is 1040. The molecule has 2 fully saturated rings. The molecule has 3 aromatic rings. The van der Waals surface area contributed by atoms with Crippen molar-refractivity contribution in [2.45, 2.75) is 37.8 Å². The van der Waals surface area contributed by atoms with Gasteiger partial charge in [0.1, 0.15) is 11.6 Å². The van der Waals surface area contributed by atoms with E-state index in [-0.39, 0.29) is 11.9 Å². The molecule has 1 saturated carbocycles. The van der Waals surface area contributed by atoms with Gasteiger partial charge in [0.15, 0.2) is 0 Å². The van der Waals surface area contributed by atoms with Crippen molar-refractivity contribution in [1.82, 2.24) is 14.8 Å². The van der Waals surface area contributed by atoms with E-state index in [2.05, 4.69) is 51.2 Å². The van der Waals surface area contributed by atoms with Crippen molar-refractivity contribution in [3.63, 3.8) is 0 Å². The summed E-state index contributed by atoms with van der Waals surface area (Å²) in [6.45, 7) is 4.41. The van der Waals surface area contributed by atoms with Crippen LogP contribution in [-0.4, -0.2) is 54.1 Å². The summed E-state index contributed by atoms with van der Waals surface area (Å²) in [4.78, 5) is 9.55. The number of hydrogen-bond acceptors (Lipinski definition) is 4. The predicted octanol–water partition coefficient (Wildman–Crippen LogP) is 5.55. The van der Waals surface area contributed by atoms with Gasteiger partial charge >= 0.3 is 0 Å². The van der Waals surface area contributed by atoms with Crippen molar-refractivity contribution in [2.75, 3.05) is 33.3 Å². The number of ether oxygens (including phenoxy) is 1. The van der Waals surface area contributed by atoms with E-state index in [0.29, 0.717) is 5.75 Å². The molecular weight excluding hydrogens is 413 g/mol. The lowest BCUT2D eigenvalue weighted by Gasteiger charge is -2.42. The van der Waals surface area contributed by atoms with Crippen LogP contribution in [0.4, 0.5) is 4.39 Å². The highest BCUT2D eigenvalue weighted by atomic mass is 19.1. The third-order valence-electron chi connectivity index (χ3n) is 7.28. The van der Waals surface area contributed by atoms with Crippen LogP contribution in [-0.2, 0) is 0 Å². The molecule has 1 aromatic heterocycles. The lowest BCUT2D eigenvalue weighted by molar-refractivity contribution is 0.0804. The Morgan fingerprint density at radius 1 is 0.879 bits per heavy atom. The first-order valence-electron chi connectivity index (χ1n) is 12.0. The Hall–Kier alpha value is -2.76. The summed E-state index contributed by atoms with van der Waals surface area (Å²) in [6.07, 6.45) is 9.26. The summed E-state index contributed by atoms with van der Waals surface area (Å²) in [5, 5.41) is 0. The highest BCUT2D eigenvalue weighted by molar-refractivity contribution is 5.70. The Morgan fingerprint density at radius 3 is 2.21 bits per heavy atom. The van der Waals surface area contributed by atoms with E-state index in [9.17, 15) is 4.39 Å². The van der Waals surface area contributed by atoms with Crippen LogP contribution in [0.15, 0.2) is 67.0 Å². The molecule has 0 unspecified atom stereocenters. The van der Waals surface area contributed by atoms with Gasteiger partial charge in [0, 0.05) is 56.2 Å². The first kappa shape index (κ1) is 22.1. The van der Waals surface area contributed by atoms with E-state index in [4.69, 9.17) is 4.74 Å². The molecular formula is C28H32FN3O. The second-order valence-corrected chi connectivity index (χ2v) is 9.16. The van der Waals surface area contributed by atoms with E-state index in [1.807, 2.05) is 12.4 Å². The third-order valence-corrected chi connectivity index (χ3v) is 7.28. The van der Waals surface area contributed by atoms with Crippen molar-refractivity contribution < 1.29 is 9.13 Å². The fraction of sp³-hybridized carbons (Fsp3) is 0.393. The summed E-state index contributed by atoms with van der Waals surface area (Å²) < 4.78 is 19.1. The van der Waals surface area contributed by atoms with Crippen molar-refractivity contribution in [3.05, 3.63) is 83.9 Å². The molecule has 33 heavy (non-hydrogen) atoms. The van der Waals surface area contributed by atoms with E-state index in [1.54, 1.807) is 13.2 Å². The molecule has 0 spiro atoms. The maximum absolute atomic E-state index is 13.6. The van der Waals surface area contributed by atoms with E-state index in [0.717, 1.165) is 43.3 Å². The normalized spacial score (nSPS) is 19.0. The Balaban J connectivity index is 1.40. The van der Waals surface area contributed by atoms with E-state index < -0.39 is 0 Å². The van der Waals surface area contributed by atoms with Gasteiger partial charge in [-0.3, -0.25) is 14.8 Å². The van der Waals surface area contributed by atoms with Gasteiger partial charge in [-0.15, -0.1) is 0 Å². The van der Waals surface area contributed by atoms with Crippen LogP contribution in [0.25, 0.3) is 11.1 Å². The molecule has 2 aliphatic rings. The highest BCUT2D eigenvalue weighted by Gasteiger charge is 2.30. The van der Waals surface area contributed by atoms with Crippen LogP contribution < -0.4 is 4.74 Å². The van der Waals surface area contributed by atoms with Crippen molar-refractivity contribution in [3.8, 4) is 16.9 Å². The van der Waals surface area contributed by atoms with Gasteiger partial charge in [-0.2, -0.15) is 0 Å². The maximum atomic E-state index is 13.6. The van der Waals surface area contributed by atoms with Crippen LogP contribution in [0.3, 0.4) is 0 Å². The summed E-state index contributed by atoms with van der Waals surface area (Å²) in [5.74, 6) is 0.262. The molecule has 1 aliphatic carbocycles. The second-order valence-electron chi connectivity index (χ2n) is 9.16. The van der Waals surface area contributed by atoms with Gasteiger partial charge < -0.3 is 4.74 Å². The fourth-order valence-corrected chi connectivity index (χ4v) is 5.54. The number of rotatable bonds is 6. The number of halogens is 1. The molecule has 0 N–H and O–H groups in total. The molecule has 4 nitrogen and oxygen atoms in total. The predicted molar refractivity (Wildman–Crippen MR) is 130 cm³/mol. The molecule has 2 heterocycles. The van der Waals surface area contributed by atoms with E-state index in [1.165, 1.54) is 48.9 Å². The van der Waals surface area contributed by atoms with Crippen LogP contribution >= 0.6 is 0 Å². The Kier molecular flexibility index (Phi) is 6.70.